The fraction of sp³-hybridized carbons (Fsp3) is 0.571. The van der Waals surface area contributed by atoms with Crippen LogP contribution in [0.1, 0.15) is 31.7 Å². The van der Waals surface area contributed by atoms with Gasteiger partial charge in [-0.1, -0.05) is 18.5 Å². The summed E-state index contributed by atoms with van der Waals surface area (Å²) in [6.07, 6.45) is 3.53. The third-order valence-corrected chi connectivity index (χ3v) is 2.88. The zero-order chi connectivity index (χ0) is 12.5. The molecule has 0 aromatic heterocycles. The van der Waals surface area contributed by atoms with Gasteiger partial charge in [0, 0.05) is 5.02 Å². The minimum Gasteiger partial charge on any atom is -0.493 e. The van der Waals surface area contributed by atoms with Crippen LogP contribution >= 0.6 is 11.6 Å². The minimum atomic E-state index is 0.764. The monoisotopic (exact) mass is 255 g/mol. The first-order chi connectivity index (χ1) is 8.24. The molecule has 17 heavy (non-hydrogen) atoms. The highest BCUT2D eigenvalue weighted by atomic mass is 35.5. The van der Waals surface area contributed by atoms with Crippen LogP contribution in [0.4, 0.5) is 0 Å². The summed E-state index contributed by atoms with van der Waals surface area (Å²) in [6.45, 7) is 7.10. The number of hydrogen-bond acceptors (Lipinski definition) is 2. The molecular weight excluding hydrogens is 234 g/mol. The molecule has 0 bridgehead atoms. The number of hydrogen-bond donors (Lipinski definition) is 1. The van der Waals surface area contributed by atoms with Crippen molar-refractivity contribution in [2.75, 3.05) is 19.7 Å². The van der Waals surface area contributed by atoms with Crippen molar-refractivity contribution >= 4 is 11.6 Å². The molecule has 0 amide bonds. The van der Waals surface area contributed by atoms with Crippen LogP contribution in [0.3, 0.4) is 0 Å². The van der Waals surface area contributed by atoms with Gasteiger partial charge in [0.25, 0.3) is 0 Å². The van der Waals surface area contributed by atoms with Gasteiger partial charge in [-0.2, -0.15) is 0 Å². The predicted octanol–water partition coefficient (Wildman–Crippen LogP) is 3.81. The number of halogens is 1. The van der Waals surface area contributed by atoms with Crippen molar-refractivity contribution in [1.29, 1.82) is 0 Å². The second-order valence-corrected chi connectivity index (χ2v) is 4.61. The van der Waals surface area contributed by atoms with E-state index in [1.165, 1.54) is 12.8 Å². The average Bonchev–Trinajstić information content (AvgIpc) is 2.30. The molecule has 3 heteroatoms. The van der Waals surface area contributed by atoms with Crippen LogP contribution in [0, 0.1) is 6.92 Å². The van der Waals surface area contributed by atoms with Crippen LogP contribution in [0.5, 0.6) is 5.75 Å². The zero-order valence-corrected chi connectivity index (χ0v) is 11.5. The Bertz CT molecular complexity index is 328. The number of aryl methyl sites for hydroxylation is 1. The largest absolute Gasteiger partial charge is 0.493 e. The molecule has 0 unspecified atom stereocenters. The first-order valence-electron chi connectivity index (χ1n) is 6.33. The maximum atomic E-state index is 5.89. The molecule has 1 aromatic rings. The van der Waals surface area contributed by atoms with E-state index >= 15 is 0 Å². The number of benzene rings is 1. The van der Waals surface area contributed by atoms with Gasteiger partial charge in [-0.15, -0.1) is 0 Å². The number of ether oxygens (including phenoxy) is 1. The van der Waals surface area contributed by atoms with Crippen molar-refractivity contribution in [2.45, 2.75) is 33.1 Å². The Hall–Kier alpha value is -0.730. The third-order valence-electron chi connectivity index (χ3n) is 2.64. The highest BCUT2D eigenvalue weighted by Gasteiger charge is 1.99. The highest BCUT2D eigenvalue weighted by Crippen LogP contribution is 2.21. The van der Waals surface area contributed by atoms with Crippen LogP contribution in [-0.2, 0) is 0 Å². The molecule has 0 aliphatic rings. The lowest BCUT2D eigenvalue weighted by Gasteiger charge is -2.09. The highest BCUT2D eigenvalue weighted by molar-refractivity contribution is 6.30. The molecule has 0 aliphatic heterocycles. The van der Waals surface area contributed by atoms with Crippen molar-refractivity contribution in [3.63, 3.8) is 0 Å². The van der Waals surface area contributed by atoms with Crippen LogP contribution in [-0.4, -0.2) is 19.7 Å². The molecule has 1 aromatic carbocycles. The van der Waals surface area contributed by atoms with Crippen LogP contribution in [0.25, 0.3) is 0 Å². The van der Waals surface area contributed by atoms with Gasteiger partial charge >= 0.3 is 0 Å². The minimum absolute atomic E-state index is 0.764. The quantitative estimate of drug-likeness (QED) is 0.714. The molecule has 0 spiro atoms. The summed E-state index contributed by atoms with van der Waals surface area (Å²) >= 11 is 5.89. The molecule has 0 fully saturated rings. The molecule has 0 radical (unpaired) electrons. The van der Waals surface area contributed by atoms with Gasteiger partial charge in [0.1, 0.15) is 5.75 Å². The Morgan fingerprint density at radius 2 is 2.06 bits per heavy atom. The Kier molecular flexibility index (Phi) is 7.06. The summed E-state index contributed by atoms with van der Waals surface area (Å²) in [5, 5.41) is 4.08. The number of rotatable bonds is 8. The topological polar surface area (TPSA) is 21.3 Å². The smallest absolute Gasteiger partial charge is 0.122 e. The summed E-state index contributed by atoms with van der Waals surface area (Å²) in [6, 6.07) is 5.74. The first kappa shape index (κ1) is 14.3. The molecule has 0 atom stereocenters. The van der Waals surface area contributed by atoms with Crippen LogP contribution in [0.15, 0.2) is 18.2 Å². The lowest BCUT2D eigenvalue weighted by Crippen LogP contribution is -2.14. The van der Waals surface area contributed by atoms with Gasteiger partial charge in [-0.05, 0) is 63.0 Å². The maximum Gasteiger partial charge on any atom is 0.122 e. The summed E-state index contributed by atoms with van der Waals surface area (Å²) < 4.78 is 5.72. The van der Waals surface area contributed by atoms with Gasteiger partial charge in [0.2, 0.25) is 0 Å². The Balaban J connectivity index is 2.14. The number of unbranched alkanes of at least 4 members (excludes halogenated alkanes) is 2. The van der Waals surface area contributed by atoms with Crippen molar-refractivity contribution in [3.05, 3.63) is 28.8 Å². The summed E-state index contributed by atoms with van der Waals surface area (Å²) in [4.78, 5) is 0. The van der Waals surface area contributed by atoms with E-state index in [1.54, 1.807) is 0 Å². The van der Waals surface area contributed by atoms with E-state index in [1.807, 2.05) is 25.1 Å². The predicted molar refractivity (Wildman–Crippen MR) is 74.1 cm³/mol. The molecule has 0 saturated heterocycles. The van der Waals surface area contributed by atoms with Gasteiger partial charge in [-0.3, -0.25) is 0 Å². The van der Waals surface area contributed by atoms with Crippen molar-refractivity contribution < 1.29 is 4.74 Å². The maximum absolute atomic E-state index is 5.89. The summed E-state index contributed by atoms with van der Waals surface area (Å²) in [5.74, 6) is 0.945. The van der Waals surface area contributed by atoms with Crippen molar-refractivity contribution in [2.24, 2.45) is 0 Å². The van der Waals surface area contributed by atoms with Crippen molar-refractivity contribution in [1.82, 2.24) is 5.32 Å². The van der Waals surface area contributed by atoms with Gasteiger partial charge in [-0.25, -0.2) is 0 Å². The van der Waals surface area contributed by atoms with Gasteiger partial charge in [0.15, 0.2) is 0 Å². The van der Waals surface area contributed by atoms with Gasteiger partial charge in [0.05, 0.1) is 6.61 Å². The molecule has 2 nitrogen and oxygen atoms in total. The van der Waals surface area contributed by atoms with E-state index < -0.39 is 0 Å². The fourth-order valence-corrected chi connectivity index (χ4v) is 1.89. The standard InChI is InChI=1S/C14H22ClNO/c1-3-16-9-5-4-6-10-17-14-8-7-13(15)11-12(14)2/h7-8,11,16H,3-6,9-10H2,1-2H3. The second-order valence-electron chi connectivity index (χ2n) is 4.17. The van der Waals surface area contributed by atoms with Crippen LogP contribution in [0.2, 0.25) is 5.02 Å². The summed E-state index contributed by atoms with van der Waals surface area (Å²) in [7, 11) is 0. The van der Waals surface area contributed by atoms with E-state index in [-0.39, 0.29) is 0 Å². The van der Waals surface area contributed by atoms with E-state index in [0.717, 1.165) is 42.5 Å². The molecular formula is C14H22ClNO. The number of nitrogens with one attached hydrogen (secondary N) is 1. The normalized spacial score (nSPS) is 10.5. The van der Waals surface area contributed by atoms with E-state index in [9.17, 15) is 0 Å². The Morgan fingerprint density at radius 1 is 1.24 bits per heavy atom. The Morgan fingerprint density at radius 3 is 2.76 bits per heavy atom. The van der Waals surface area contributed by atoms with E-state index in [2.05, 4.69) is 12.2 Å². The first-order valence-corrected chi connectivity index (χ1v) is 6.71. The van der Waals surface area contributed by atoms with Gasteiger partial charge < -0.3 is 10.1 Å². The fourth-order valence-electron chi connectivity index (χ4n) is 1.66. The molecule has 0 saturated carbocycles. The molecule has 0 aliphatic carbocycles. The molecule has 1 N–H and O–H groups in total. The summed E-state index contributed by atoms with van der Waals surface area (Å²) in [5.41, 5.74) is 1.10. The van der Waals surface area contributed by atoms with E-state index in [0.29, 0.717) is 0 Å². The second kappa shape index (κ2) is 8.37. The molecule has 0 heterocycles. The van der Waals surface area contributed by atoms with Crippen LogP contribution < -0.4 is 10.1 Å². The SMILES string of the molecule is CCNCCCCCOc1ccc(Cl)cc1C. The third kappa shape index (κ3) is 5.94. The Labute approximate surface area is 109 Å². The average molecular weight is 256 g/mol. The zero-order valence-electron chi connectivity index (χ0n) is 10.8. The lowest BCUT2D eigenvalue weighted by molar-refractivity contribution is 0.303. The molecule has 1 rings (SSSR count). The lowest BCUT2D eigenvalue weighted by atomic mass is 10.2. The van der Waals surface area contributed by atoms with E-state index in [4.69, 9.17) is 16.3 Å². The molecule has 96 valence electrons. The van der Waals surface area contributed by atoms with Crippen molar-refractivity contribution in [3.8, 4) is 5.75 Å².